The summed E-state index contributed by atoms with van der Waals surface area (Å²) < 4.78 is 0. The fourth-order valence-electron chi connectivity index (χ4n) is 1.36. The molecule has 2 N–H and O–H groups in total. The molecule has 3 heteroatoms. The van der Waals surface area contributed by atoms with E-state index < -0.39 is 0 Å². The predicted molar refractivity (Wildman–Crippen MR) is 74.1 cm³/mol. The van der Waals surface area contributed by atoms with E-state index in [4.69, 9.17) is 0 Å². The van der Waals surface area contributed by atoms with Gasteiger partial charge in [0.1, 0.15) is 0 Å². The molecular weight excluding hydrogens is 210 g/mol. The van der Waals surface area contributed by atoms with Crippen LogP contribution in [0.1, 0.15) is 26.3 Å². The highest BCUT2D eigenvalue weighted by Crippen LogP contribution is 2.00. The lowest BCUT2D eigenvalue weighted by molar-refractivity contribution is 0.481. The van der Waals surface area contributed by atoms with Crippen LogP contribution in [-0.4, -0.2) is 19.0 Å². The summed E-state index contributed by atoms with van der Waals surface area (Å²) in [5.74, 6) is 1.44. The Kier molecular flexibility index (Phi) is 5.53. The summed E-state index contributed by atoms with van der Waals surface area (Å²) in [6.07, 6.45) is 0. The molecule has 3 nitrogen and oxygen atoms in total. The maximum absolute atomic E-state index is 4.22. The van der Waals surface area contributed by atoms with Crippen molar-refractivity contribution in [3.05, 3.63) is 35.9 Å². The summed E-state index contributed by atoms with van der Waals surface area (Å²) in [5.41, 5.74) is 1.26. The van der Waals surface area contributed by atoms with Crippen LogP contribution in [0.2, 0.25) is 0 Å². The van der Waals surface area contributed by atoms with Crippen LogP contribution in [-0.2, 0) is 6.54 Å². The Morgan fingerprint density at radius 3 is 2.35 bits per heavy atom. The van der Waals surface area contributed by atoms with Crippen molar-refractivity contribution in [1.29, 1.82) is 0 Å². The second-order valence-electron chi connectivity index (χ2n) is 4.59. The zero-order valence-electron chi connectivity index (χ0n) is 11.2. The first-order chi connectivity index (χ1) is 8.13. The summed E-state index contributed by atoms with van der Waals surface area (Å²) in [6.45, 7) is 7.36. The molecule has 0 fully saturated rings. The first-order valence-corrected chi connectivity index (χ1v) is 6.14. The number of aliphatic imine (C=N–C) groups is 1. The highest BCUT2D eigenvalue weighted by molar-refractivity contribution is 5.79. The molecule has 0 aliphatic rings. The first-order valence-electron chi connectivity index (χ1n) is 6.14. The van der Waals surface area contributed by atoms with Gasteiger partial charge in [-0.25, -0.2) is 0 Å². The third kappa shape index (κ3) is 4.89. The van der Waals surface area contributed by atoms with E-state index in [1.807, 2.05) is 18.2 Å². The van der Waals surface area contributed by atoms with Crippen LogP contribution in [0, 0.1) is 5.92 Å². The summed E-state index contributed by atoms with van der Waals surface area (Å²) in [7, 11) is 1.80. The van der Waals surface area contributed by atoms with Crippen molar-refractivity contribution < 1.29 is 0 Å². The van der Waals surface area contributed by atoms with Crippen molar-refractivity contribution in [1.82, 2.24) is 10.6 Å². The third-order valence-corrected chi connectivity index (χ3v) is 2.89. The molecule has 0 saturated carbocycles. The van der Waals surface area contributed by atoms with Gasteiger partial charge in [-0.1, -0.05) is 44.2 Å². The summed E-state index contributed by atoms with van der Waals surface area (Å²) >= 11 is 0. The lowest BCUT2D eigenvalue weighted by Gasteiger charge is -2.20. The molecule has 0 amide bonds. The maximum atomic E-state index is 4.22. The van der Waals surface area contributed by atoms with Crippen molar-refractivity contribution in [2.24, 2.45) is 10.9 Å². The molecule has 0 aromatic heterocycles. The number of guanidine groups is 1. The number of hydrogen-bond acceptors (Lipinski definition) is 1. The monoisotopic (exact) mass is 233 g/mol. The lowest BCUT2D eigenvalue weighted by atomic mass is 10.1. The van der Waals surface area contributed by atoms with Crippen LogP contribution in [0.4, 0.5) is 0 Å². The molecule has 0 aliphatic carbocycles. The quantitative estimate of drug-likeness (QED) is 0.619. The van der Waals surface area contributed by atoms with E-state index in [0.717, 1.165) is 12.5 Å². The molecule has 1 aromatic rings. The van der Waals surface area contributed by atoms with E-state index in [-0.39, 0.29) is 0 Å². The van der Waals surface area contributed by atoms with E-state index in [2.05, 4.69) is 48.5 Å². The second-order valence-corrected chi connectivity index (χ2v) is 4.59. The molecule has 1 unspecified atom stereocenters. The van der Waals surface area contributed by atoms with Gasteiger partial charge in [-0.05, 0) is 18.4 Å². The van der Waals surface area contributed by atoms with Crippen LogP contribution in [0.5, 0.6) is 0 Å². The van der Waals surface area contributed by atoms with Crippen molar-refractivity contribution in [2.45, 2.75) is 33.4 Å². The van der Waals surface area contributed by atoms with Gasteiger partial charge in [0.15, 0.2) is 5.96 Å². The SMILES string of the molecule is CN=C(NCc1ccccc1)NC(C)C(C)C. The van der Waals surface area contributed by atoms with Crippen molar-refractivity contribution >= 4 is 5.96 Å². The predicted octanol–water partition coefficient (Wildman–Crippen LogP) is 2.40. The molecule has 0 spiro atoms. The molecule has 0 radical (unpaired) electrons. The molecule has 1 aromatic carbocycles. The third-order valence-electron chi connectivity index (χ3n) is 2.89. The highest BCUT2D eigenvalue weighted by Gasteiger charge is 2.08. The molecule has 0 aliphatic heterocycles. The number of rotatable bonds is 4. The van der Waals surface area contributed by atoms with Gasteiger partial charge in [0.25, 0.3) is 0 Å². The molecular formula is C14H23N3. The van der Waals surface area contributed by atoms with E-state index in [9.17, 15) is 0 Å². The Hall–Kier alpha value is -1.51. The standard InChI is InChI=1S/C14H23N3/c1-11(2)12(3)17-14(15-4)16-10-13-8-6-5-7-9-13/h5-9,11-12H,10H2,1-4H3,(H2,15,16,17). The number of benzene rings is 1. The smallest absolute Gasteiger partial charge is 0.191 e. The van der Waals surface area contributed by atoms with Gasteiger partial charge >= 0.3 is 0 Å². The Balaban J connectivity index is 2.44. The number of nitrogens with zero attached hydrogens (tertiary/aromatic N) is 1. The zero-order valence-corrected chi connectivity index (χ0v) is 11.2. The van der Waals surface area contributed by atoms with Crippen LogP contribution < -0.4 is 10.6 Å². The van der Waals surface area contributed by atoms with Crippen molar-refractivity contribution in [3.8, 4) is 0 Å². The first kappa shape index (κ1) is 13.6. The van der Waals surface area contributed by atoms with E-state index in [1.54, 1.807) is 7.05 Å². The average Bonchev–Trinajstić information content (AvgIpc) is 2.35. The molecule has 0 saturated heterocycles. The highest BCUT2D eigenvalue weighted by atomic mass is 15.2. The molecule has 17 heavy (non-hydrogen) atoms. The fourth-order valence-corrected chi connectivity index (χ4v) is 1.36. The van der Waals surface area contributed by atoms with Crippen molar-refractivity contribution in [3.63, 3.8) is 0 Å². The summed E-state index contributed by atoms with van der Waals surface area (Å²) in [6, 6.07) is 10.7. The Bertz CT molecular complexity index is 344. The number of hydrogen-bond donors (Lipinski definition) is 2. The Labute approximate surface area is 104 Å². The molecule has 1 rings (SSSR count). The van der Waals surface area contributed by atoms with E-state index in [1.165, 1.54) is 5.56 Å². The molecule has 0 heterocycles. The van der Waals surface area contributed by atoms with Gasteiger partial charge in [-0.2, -0.15) is 0 Å². The maximum Gasteiger partial charge on any atom is 0.191 e. The van der Waals surface area contributed by atoms with Gasteiger partial charge in [-0.15, -0.1) is 0 Å². The zero-order chi connectivity index (χ0) is 12.7. The van der Waals surface area contributed by atoms with Gasteiger partial charge in [-0.3, -0.25) is 4.99 Å². The minimum absolute atomic E-state index is 0.414. The largest absolute Gasteiger partial charge is 0.354 e. The topological polar surface area (TPSA) is 36.4 Å². The van der Waals surface area contributed by atoms with Gasteiger partial charge in [0.05, 0.1) is 0 Å². The Morgan fingerprint density at radius 1 is 1.18 bits per heavy atom. The fraction of sp³-hybridized carbons (Fsp3) is 0.500. The minimum Gasteiger partial charge on any atom is -0.354 e. The van der Waals surface area contributed by atoms with E-state index >= 15 is 0 Å². The molecule has 0 bridgehead atoms. The normalized spacial score (nSPS) is 13.6. The van der Waals surface area contributed by atoms with Crippen LogP contribution in [0.3, 0.4) is 0 Å². The van der Waals surface area contributed by atoms with Crippen LogP contribution in [0.25, 0.3) is 0 Å². The lowest BCUT2D eigenvalue weighted by Crippen LogP contribution is -2.43. The van der Waals surface area contributed by atoms with Gasteiger partial charge in [0.2, 0.25) is 0 Å². The Morgan fingerprint density at radius 2 is 1.82 bits per heavy atom. The molecule has 1 atom stereocenters. The summed E-state index contributed by atoms with van der Waals surface area (Å²) in [5, 5.41) is 6.69. The number of nitrogens with one attached hydrogen (secondary N) is 2. The van der Waals surface area contributed by atoms with Gasteiger partial charge < -0.3 is 10.6 Å². The molecule has 94 valence electrons. The van der Waals surface area contributed by atoms with Gasteiger partial charge in [0, 0.05) is 19.6 Å². The van der Waals surface area contributed by atoms with Crippen LogP contribution >= 0.6 is 0 Å². The van der Waals surface area contributed by atoms with E-state index in [0.29, 0.717) is 12.0 Å². The summed E-state index contributed by atoms with van der Waals surface area (Å²) in [4.78, 5) is 4.22. The van der Waals surface area contributed by atoms with Crippen LogP contribution in [0.15, 0.2) is 35.3 Å². The van der Waals surface area contributed by atoms with Crippen molar-refractivity contribution in [2.75, 3.05) is 7.05 Å². The minimum atomic E-state index is 0.414. The second kappa shape index (κ2) is 6.94. The average molecular weight is 233 g/mol.